The van der Waals surface area contributed by atoms with Gasteiger partial charge in [0.25, 0.3) is 0 Å². The van der Waals surface area contributed by atoms with Gasteiger partial charge in [-0.3, -0.25) is 0 Å². The molecule has 5 aromatic carbocycles. The standard InChI is InChI=1S/C38H28/c1-25-19-21-32-35(23-25)38(34-18-10-16-29(37(32)34)27-13-6-3-7-14-27)33-17-9-8-15-30(33)31-22-20-28(24-36(31)38)26-11-4-2-5-12-26/h2-23,28H,24H2,1H3. The number of fused-ring (bicyclic) bond motifs is 9. The van der Waals surface area contributed by atoms with Gasteiger partial charge in [-0.15, -0.1) is 0 Å². The summed E-state index contributed by atoms with van der Waals surface area (Å²) in [6.45, 7) is 2.23. The monoisotopic (exact) mass is 484 g/mol. The van der Waals surface area contributed by atoms with Gasteiger partial charge in [-0.2, -0.15) is 0 Å². The summed E-state index contributed by atoms with van der Waals surface area (Å²) < 4.78 is 0. The number of aryl methyl sites for hydroxylation is 1. The van der Waals surface area contributed by atoms with Gasteiger partial charge in [0.1, 0.15) is 0 Å². The van der Waals surface area contributed by atoms with Crippen molar-refractivity contribution in [1.82, 2.24) is 0 Å². The van der Waals surface area contributed by atoms with Crippen LogP contribution in [0.4, 0.5) is 0 Å². The van der Waals surface area contributed by atoms with Crippen LogP contribution in [0.1, 0.15) is 45.7 Å². The van der Waals surface area contributed by atoms with Gasteiger partial charge >= 0.3 is 0 Å². The second-order valence-corrected chi connectivity index (χ2v) is 10.9. The molecular formula is C38H28. The second kappa shape index (κ2) is 8.04. The predicted octanol–water partition coefficient (Wildman–Crippen LogP) is 9.49. The molecule has 0 heterocycles. The smallest absolute Gasteiger partial charge is 0.0689 e. The van der Waals surface area contributed by atoms with Crippen molar-refractivity contribution in [1.29, 1.82) is 0 Å². The minimum Gasteiger partial charge on any atom is -0.0761 e. The van der Waals surface area contributed by atoms with Crippen molar-refractivity contribution in [2.45, 2.75) is 24.7 Å². The highest BCUT2D eigenvalue weighted by Gasteiger charge is 2.53. The summed E-state index contributed by atoms with van der Waals surface area (Å²) in [7, 11) is 0. The van der Waals surface area contributed by atoms with E-state index < -0.39 is 0 Å². The Morgan fingerprint density at radius 3 is 2.16 bits per heavy atom. The molecule has 0 nitrogen and oxygen atoms in total. The Balaban J connectivity index is 1.46. The van der Waals surface area contributed by atoms with E-state index in [-0.39, 0.29) is 5.41 Å². The Morgan fingerprint density at radius 2 is 1.32 bits per heavy atom. The van der Waals surface area contributed by atoms with Crippen LogP contribution in [0.15, 0.2) is 139 Å². The summed E-state index contributed by atoms with van der Waals surface area (Å²) in [5.41, 5.74) is 16.4. The zero-order valence-corrected chi connectivity index (χ0v) is 21.5. The molecule has 0 aliphatic heterocycles. The Hall–Kier alpha value is -4.42. The fraction of sp³-hybridized carbons (Fsp3) is 0.105. The average molecular weight is 485 g/mol. The van der Waals surface area contributed by atoms with Crippen molar-refractivity contribution < 1.29 is 0 Å². The molecule has 38 heavy (non-hydrogen) atoms. The van der Waals surface area contributed by atoms with E-state index in [9.17, 15) is 0 Å². The van der Waals surface area contributed by atoms with E-state index in [4.69, 9.17) is 0 Å². The normalized spacial score (nSPS) is 20.3. The van der Waals surface area contributed by atoms with Crippen LogP contribution in [-0.2, 0) is 5.41 Å². The molecule has 0 aromatic heterocycles. The van der Waals surface area contributed by atoms with E-state index in [1.165, 1.54) is 61.2 Å². The largest absolute Gasteiger partial charge is 0.0761 e. The molecule has 0 radical (unpaired) electrons. The van der Waals surface area contributed by atoms with E-state index >= 15 is 0 Å². The Bertz CT molecular complexity index is 1790. The van der Waals surface area contributed by atoms with Crippen molar-refractivity contribution in [2.24, 2.45) is 0 Å². The van der Waals surface area contributed by atoms with Crippen LogP contribution in [0.5, 0.6) is 0 Å². The van der Waals surface area contributed by atoms with Gasteiger partial charge in [0.05, 0.1) is 5.41 Å². The average Bonchev–Trinajstić information content (AvgIpc) is 3.44. The highest BCUT2D eigenvalue weighted by atomic mass is 14.5. The molecule has 0 saturated heterocycles. The van der Waals surface area contributed by atoms with Gasteiger partial charge in [0.15, 0.2) is 0 Å². The van der Waals surface area contributed by atoms with Crippen LogP contribution in [0.3, 0.4) is 0 Å². The van der Waals surface area contributed by atoms with Crippen LogP contribution in [-0.4, -0.2) is 0 Å². The second-order valence-electron chi connectivity index (χ2n) is 10.9. The third-order valence-electron chi connectivity index (χ3n) is 8.95. The van der Waals surface area contributed by atoms with Gasteiger partial charge in [-0.1, -0.05) is 139 Å². The zero-order valence-electron chi connectivity index (χ0n) is 21.5. The summed E-state index contributed by atoms with van der Waals surface area (Å²) in [5, 5.41) is 0. The molecular weight excluding hydrogens is 456 g/mol. The van der Waals surface area contributed by atoms with Crippen molar-refractivity contribution in [3.05, 3.63) is 172 Å². The first kappa shape index (κ1) is 21.6. The summed E-state index contributed by atoms with van der Waals surface area (Å²) >= 11 is 0. The van der Waals surface area contributed by atoms with Gasteiger partial charge in [0.2, 0.25) is 0 Å². The van der Waals surface area contributed by atoms with E-state index in [0.717, 1.165) is 6.42 Å². The fourth-order valence-electron chi connectivity index (χ4n) is 7.42. The molecule has 2 atom stereocenters. The van der Waals surface area contributed by atoms with Crippen LogP contribution in [0, 0.1) is 6.92 Å². The highest BCUT2D eigenvalue weighted by Crippen LogP contribution is 2.65. The zero-order chi connectivity index (χ0) is 25.3. The van der Waals surface area contributed by atoms with Gasteiger partial charge in [-0.25, -0.2) is 0 Å². The van der Waals surface area contributed by atoms with E-state index in [2.05, 4.69) is 140 Å². The third kappa shape index (κ3) is 2.81. The Kier molecular flexibility index (Phi) is 4.58. The molecule has 0 heteroatoms. The topological polar surface area (TPSA) is 0 Å². The first-order valence-electron chi connectivity index (χ1n) is 13.6. The molecule has 3 aliphatic carbocycles. The number of rotatable bonds is 2. The first-order chi connectivity index (χ1) is 18.8. The summed E-state index contributed by atoms with van der Waals surface area (Å²) in [6.07, 6.45) is 5.86. The van der Waals surface area contributed by atoms with E-state index in [0.29, 0.717) is 5.92 Å². The maximum atomic E-state index is 2.46. The van der Waals surface area contributed by atoms with Crippen LogP contribution >= 0.6 is 0 Å². The minimum atomic E-state index is -0.273. The maximum absolute atomic E-state index is 2.46. The maximum Gasteiger partial charge on any atom is 0.0689 e. The van der Waals surface area contributed by atoms with Crippen LogP contribution < -0.4 is 0 Å². The lowest BCUT2D eigenvalue weighted by Gasteiger charge is -2.35. The summed E-state index contributed by atoms with van der Waals surface area (Å²) in [5.74, 6) is 0.371. The van der Waals surface area contributed by atoms with Gasteiger partial charge in [0, 0.05) is 5.92 Å². The summed E-state index contributed by atoms with van der Waals surface area (Å²) in [6, 6.07) is 45.2. The lowest BCUT2D eigenvalue weighted by Crippen LogP contribution is -2.28. The predicted molar refractivity (Wildman–Crippen MR) is 158 cm³/mol. The number of hydrogen-bond acceptors (Lipinski definition) is 0. The first-order valence-corrected chi connectivity index (χ1v) is 13.6. The molecule has 0 saturated carbocycles. The van der Waals surface area contributed by atoms with E-state index in [1.54, 1.807) is 5.57 Å². The van der Waals surface area contributed by atoms with Crippen molar-refractivity contribution in [3.63, 3.8) is 0 Å². The molecule has 0 bridgehead atoms. The fourth-order valence-corrected chi connectivity index (χ4v) is 7.42. The molecule has 5 aromatic rings. The Morgan fingerprint density at radius 1 is 0.605 bits per heavy atom. The quantitative estimate of drug-likeness (QED) is 0.234. The lowest BCUT2D eigenvalue weighted by atomic mass is 9.66. The molecule has 1 spiro atoms. The van der Waals surface area contributed by atoms with Crippen LogP contribution in [0.2, 0.25) is 0 Å². The van der Waals surface area contributed by atoms with Crippen LogP contribution in [0.25, 0.3) is 27.8 Å². The molecule has 0 amide bonds. The van der Waals surface area contributed by atoms with Crippen molar-refractivity contribution in [2.75, 3.05) is 0 Å². The van der Waals surface area contributed by atoms with E-state index in [1.807, 2.05) is 0 Å². The van der Waals surface area contributed by atoms with Crippen molar-refractivity contribution >= 4 is 5.57 Å². The van der Waals surface area contributed by atoms with Crippen molar-refractivity contribution in [3.8, 4) is 22.3 Å². The minimum absolute atomic E-state index is 0.273. The highest BCUT2D eigenvalue weighted by molar-refractivity contribution is 6.01. The number of allylic oxidation sites excluding steroid dienone is 4. The molecule has 8 rings (SSSR count). The Labute approximate surface area is 224 Å². The summed E-state index contributed by atoms with van der Waals surface area (Å²) in [4.78, 5) is 0. The number of benzene rings is 5. The SMILES string of the molecule is Cc1ccc2c(c1)C1(C3=C(C=CC(c4ccccc4)C3)c3ccccc31)c1cccc(-c3ccccc3)c1-2. The van der Waals surface area contributed by atoms with Gasteiger partial charge in [-0.05, 0) is 74.6 Å². The molecule has 3 aliphatic rings. The molecule has 180 valence electrons. The molecule has 0 N–H and O–H groups in total. The number of hydrogen-bond donors (Lipinski definition) is 0. The third-order valence-corrected chi connectivity index (χ3v) is 8.95. The lowest BCUT2D eigenvalue weighted by molar-refractivity contribution is 0.679. The van der Waals surface area contributed by atoms with Gasteiger partial charge < -0.3 is 0 Å². The molecule has 0 fully saturated rings. The molecule has 2 unspecified atom stereocenters.